The van der Waals surface area contributed by atoms with Gasteiger partial charge in [0.1, 0.15) is 5.82 Å². The zero-order valence-corrected chi connectivity index (χ0v) is 12.8. The molecule has 0 radical (unpaired) electrons. The van der Waals surface area contributed by atoms with Crippen molar-refractivity contribution in [1.29, 1.82) is 0 Å². The number of hydrogen-bond donors (Lipinski definition) is 2. The number of anilines is 1. The van der Waals surface area contributed by atoms with E-state index >= 15 is 0 Å². The fraction of sp³-hybridized carbons (Fsp3) is 0. The Hall–Kier alpha value is -1.92. The number of halogens is 3. The number of benzene rings is 2. The number of nitrogens with one attached hydrogen (secondary N) is 1. The topological polar surface area (TPSA) is 72.2 Å². The second-order valence-corrected chi connectivity index (χ2v) is 5.40. The maximum Gasteiger partial charge on any atom is 0.255 e. The number of carbonyl (C=O) groups excluding carboxylic acids is 2. The molecule has 0 bridgehead atoms. The summed E-state index contributed by atoms with van der Waals surface area (Å²) < 4.78 is 13.3. The molecule has 0 saturated carbocycles. The molecule has 0 heterocycles. The predicted molar refractivity (Wildman–Crippen MR) is 82.0 cm³/mol. The number of hydrogen-bond acceptors (Lipinski definition) is 2. The summed E-state index contributed by atoms with van der Waals surface area (Å²) in [6.07, 6.45) is 0. The Balaban J connectivity index is 2.21. The van der Waals surface area contributed by atoms with Crippen LogP contribution in [0.25, 0.3) is 0 Å². The molecule has 21 heavy (non-hydrogen) atoms. The van der Waals surface area contributed by atoms with E-state index in [1.54, 1.807) is 0 Å². The molecule has 0 aliphatic carbocycles. The van der Waals surface area contributed by atoms with Crippen molar-refractivity contribution in [3.05, 3.63) is 62.8 Å². The summed E-state index contributed by atoms with van der Waals surface area (Å²) in [6, 6.07) is 8.24. The minimum atomic E-state index is -0.652. The zero-order chi connectivity index (χ0) is 15.6. The van der Waals surface area contributed by atoms with Crippen LogP contribution in [-0.2, 0) is 0 Å². The van der Waals surface area contributed by atoms with Crippen LogP contribution in [-0.4, -0.2) is 11.8 Å². The normalized spacial score (nSPS) is 10.2. The molecule has 0 aromatic heterocycles. The van der Waals surface area contributed by atoms with E-state index in [1.165, 1.54) is 36.4 Å². The number of carbonyl (C=O) groups is 2. The summed E-state index contributed by atoms with van der Waals surface area (Å²) in [6.45, 7) is 0. The van der Waals surface area contributed by atoms with Gasteiger partial charge in [0.15, 0.2) is 0 Å². The second kappa shape index (κ2) is 6.24. The first-order valence-corrected chi connectivity index (χ1v) is 6.91. The van der Waals surface area contributed by atoms with Crippen LogP contribution in [0.3, 0.4) is 0 Å². The zero-order valence-electron chi connectivity index (χ0n) is 10.5. The maximum atomic E-state index is 13.1. The minimum absolute atomic E-state index is 0.139. The Kier molecular flexibility index (Phi) is 4.59. The van der Waals surface area contributed by atoms with E-state index in [0.717, 1.165) is 0 Å². The predicted octanol–water partition coefficient (Wildman–Crippen LogP) is 3.59. The Labute approximate surface area is 133 Å². The van der Waals surface area contributed by atoms with Crippen molar-refractivity contribution in [3.8, 4) is 0 Å². The highest BCUT2D eigenvalue weighted by Gasteiger charge is 2.11. The Morgan fingerprint density at radius 1 is 1.19 bits per heavy atom. The first-order chi connectivity index (χ1) is 9.88. The molecule has 2 aromatic rings. The second-order valence-electron chi connectivity index (χ2n) is 4.14. The van der Waals surface area contributed by atoms with Crippen LogP contribution in [0.2, 0.25) is 5.02 Å². The van der Waals surface area contributed by atoms with Gasteiger partial charge in [0, 0.05) is 11.3 Å². The molecular formula is C14H9BrClFN2O2. The first-order valence-electron chi connectivity index (χ1n) is 5.74. The number of rotatable bonds is 3. The van der Waals surface area contributed by atoms with Crippen molar-refractivity contribution in [2.24, 2.45) is 5.73 Å². The molecular weight excluding hydrogens is 363 g/mol. The lowest BCUT2D eigenvalue weighted by molar-refractivity contribution is 0.0998. The maximum absolute atomic E-state index is 13.1. The highest BCUT2D eigenvalue weighted by molar-refractivity contribution is 9.10. The van der Waals surface area contributed by atoms with Crippen LogP contribution in [0.5, 0.6) is 0 Å². The molecule has 2 aromatic carbocycles. The van der Waals surface area contributed by atoms with Crippen LogP contribution in [0.15, 0.2) is 40.9 Å². The molecule has 3 N–H and O–H groups in total. The molecule has 0 saturated heterocycles. The van der Waals surface area contributed by atoms with Crippen LogP contribution >= 0.6 is 27.5 Å². The van der Waals surface area contributed by atoms with Gasteiger partial charge in [-0.15, -0.1) is 0 Å². The molecule has 4 nitrogen and oxygen atoms in total. The van der Waals surface area contributed by atoms with Gasteiger partial charge in [-0.3, -0.25) is 9.59 Å². The fourth-order valence-corrected chi connectivity index (χ4v) is 2.29. The van der Waals surface area contributed by atoms with Crippen LogP contribution in [0, 0.1) is 5.82 Å². The Bertz CT molecular complexity index is 737. The van der Waals surface area contributed by atoms with Gasteiger partial charge in [0.25, 0.3) is 5.91 Å². The van der Waals surface area contributed by atoms with Gasteiger partial charge in [-0.2, -0.15) is 0 Å². The van der Waals surface area contributed by atoms with E-state index < -0.39 is 17.6 Å². The third-order valence-electron chi connectivity index (χ3n) is 2.67. The summed E-state index contributed by atoms with van der Waals surface area (Å²) in [7, 11) is 0. The van der Waals surface area contributed by atoms with E-state index in [-0.39, 0.29) is 20.6 Å². The molecule has 2 rings (SSSR count). The highest BCUT2D eigenvalue weighted by Crippen LogP contribution is 2.22. The summed E-state index contributed by atoms with van der Waals surface area (Å²) >= 11 is 8.90. The van der Waals surface area contributed by atoms with Crippen molar-refractivity contribution in [2.75, 3.05) is 5.32 Å². The summed E-state index contributed by atoms with van der Waals surface area (Å²) in [5.41, 5.74) is 5.98. The van der Waals surface area contributed by atoms with Crippen LogP contribution < -0.4 is 11.1 Å². The molecule has 7 heteroatoms. The van der Waals surface area contributed by atoms with Crippen molar-refractivity contribution in [2.45, 2.75) is 0 Å². The average molecular weight is 372 g/mol. The highest BCUT2D eigenvalue weighted by atomic mass is 79.9. The van der Waals surface area contributed by atoms with Crippen LogP contribution in [0.4, 0.5) is 10.1 Å². The fourth-order valence-electron chi connectivity index (χ4n) is 1.63. The largest absolute Gasteiger partial charge is 0.366 e. The monoisotopic (exact) mass is 370 g/mol. The third-order valence-corrected chi connectivity index (χ3v) is 3.59. The van der Waals surface area contributed by atoms with Gasteiger partial charge in [-0.25, -0.2) is 4.39 Å². The summed E-state index contributed by atoms with van der Waals surface area (Å²) in [5.74, 6) is -1.54. The van der Waals surface area contributed by atoms with Crippen molar-refractivity contribution < 1.29 is 14.0 Å². The van der Waals surface area contributed by atoms with E-state index in [1.807, 2.05) is 0 Å². The van der Waals surface area contributed by atoms with E-state index in [4.69, 9.17) is 17.3 Å². The molecule has 0 unspecified atom stereocenters. The van der Waals surface area contributed by atoms with Gasteiger partial charge < -0.3 is 11.1 Å². The molecule has 0 spiro atoms. The molecule has 0 atom stereocenters. The quantitative estimate of drug-likeness (QED) is 0.865. The Morgan fingerprint density at radius 3 is 2.48 bits per heavy atom. The lowest BCUT2D eigenvalue weighted by Crippen LogP contribution is -2.14. The van der Waals surface area contributed by atoms with E-state index in [0.29, 0.717) is 5.69 Å². The van der Waals surface area contributed by atoms with Crippen molar-refractivity contribution in [3.63, 3.8) is 0 Å². The molecule has 2 amide bonds. The van der Waals surface area contributed by atoms with Gasteiger partial charge in [0.2, 0.25) is 5.91 Å². The van der Waals surface area contributed by atoms with Gasteiger partial charge in [0.05, 0.1) is 15.1 Å². The average Bonchev–Trinajstić information content (AvgIpc) is 2.41. The summed E-state index contributed by atoms with van der Waals surface area (Å²) in [4.78, 5) is 23.1. The third kappa shape index (κ3) is 3.59. The number of nitrogens with two attached hydrogens (primary N) is 1. The number of primary amides is 1. The van der Waals surface area contributed by atoms with Crippen LogP contribution in [0.1, 0.15) is 20.7 Å². The lowest BCUT2D eigenvalue weighted by Gasteiger charge is -2.08. The standard InChI is InChI=1S/C14H9BrClFN2O2/c15-10-5-7(1-4-12(10)17)14(21)19-8-2-3-9(13(18)20)11(16)6-8/h1-6H,(H2,18,20)(H,19,21). The number of amides is 2. The van der Waals surface area contributed by atoms with E-state index in [9.17, 15) is 14.0 Å². The van der Waals surface area contributed by atoms with Gasteiger partial charge in [-0.1, -0.05) is 11.6 Å². The smallest absolute Gasteiger partial charge is 0.255 e. The SMILES string of the molecule is NC(=O)c1ccc(NC(=O)c2ccc(F)c(Br)c2)cc1Cl. The van der Waals surface area contributed by atoms with Crippen molar-refractivity contribution >= 4 is 45.0 Å². The Morgan fingerprint density at radius 2 is 1.90 bits per heavy atom. The molecule has 0 fully saturated rings. The molecule has 0 aliphatic heterocycles. The molecule has 0 aliphatic rings. The van der Waals surface area contributed by atoms with E-state index in [2.05, 4.69) is 21.2 Å². The van der Waals surface area contributed by atoms with Gasteiger partial charge >= 0.3 is 0 Å². The minimum Gasteiger partial charge on any atom is -0.366 e. The molecule has 108 valence electrons. The first kappa shape index (κ1) is 15.5. The van der Waals surface area contributed by atoms with Crippen molar-refractivity contribution in [1.82, 2.24) is 0 Å². The lowest BCUT2D eigenvalue weighted by atomic mass is 10.1. The van der Waals surface area contributed by atoms with Gasteiger partial charge in [-0.05, 0) is 52.3 Å². The summed E-state index contributed by atoms with van der Waals surface area (Å²) in [5, 5.41) is 2.73.